The molecule has 28 nitrogen and oxygen atoms in total. The minimum atomic E-state index is -0.630. The highest BCUT2D eigenvalue weighted by Gasteiger charge is 2.33. The molecule has 120 heavy (non-hydrogen) atoms. The zero-order valence-corrected chi connectivity index (χ0v) is 65.4. The average Bonchev–Trinajstić information content (AvgIpc) is 1.55. The molecular formula is C91H79FN18O10. The monoisotopic (exact) mass is 1600 g/mol. The first-order valence-electron chi connectivity index (χ1n) is 38.3. The summed E-state index contributed by atoms with van der Waals surface area (Å²) in [5.74, 6) is 3.29. The van der Waals surface area contributed by atoms with E-state index in [0.29, 0.717) is 129 Å². The molecule has 18 rings (SSSR count). The van der Waals surface area contributed by atoms with Crippen LogP contribution in [-0.4, -0.2) is 118 Å². The van der Waals surface area contributed by atoms with Crippen LogP contribution in [0.5, 0.6) is 40.4 Å². The van der Waals surface area contributed by atoms with Crippen LogP contribution in [0.2, 0.25) is 0 Å². The predicted octanol–water partition coefficient (Wildman–Crippen LogP) is 14.1. The summed E-state index contributed by atoms with van der Waals surface area (Å²) in [6, 6.07) is 60.5. The number of rotatable bonds is 19. The molecule has 3 amide bonds. The summed E-state index contributed by atoms with van der Waals surface area (Å²) in [5, 5.41) is 23.6. The number of para-hydroxylation sites is 3. The van der Waals surface area contributed by atoms with Crippen molar-refractivity contribution in [3.05, 3.63) is 308 Å². The number of aromatic nitrogens is 10. The van der Waals surface area contributed by atoms with E-state index in [4.69, 9.17) is 46.3 Å². The molecule has 0 saturated carbocycles. The second kappa shape index (κ2) is 33.6. The van der Waals surface area contributed by atoms with Crippen LogP contribution in [0.1, 0.15) is 28.1 Å². The van der Waals surface area contributed by atoms with Crippen molar-refractivity contribution in [2.45, 2.75) is 32.3 Å². The highest BCUT2D eigenvalue weighted by atomic mass is 19.1. The SMILES string of the molecule is C=CC(=O)Nc1c(F)ccc2c1COc1[nH]c(=O)c3c(N)n(-c4ccc(Oc5ccccc5)cc4)nc3c1-2.CN(C)C/C=C/C(=O)Nc1cccc2c1CCc1[nH]c(=O)c3c(N)n(-c4ccc(Oc5ccccc5)cc4)nc3c1-2.CN(C)C/C=C/C(=O)Nc1ccnc2c1CCc1[nH]c(=O)c3c(N)n(-c4ccc(Oc5ccccc5)cc4)nc3c1-2. The Balaban J connectivity index is 0.000000134. The lowest BCUT2D eigenvalue weighted by Crippen LogP contribution is -2.18. The summed E-state index contributed by atoms with van der Waals surface area (Å²) in [7, 11) is 7.77. The molecule has 0 atom stereocenters. The number of fused-ring (bicyclic) bond motifs is 15. The molecule has 0 fully saturated rings. The fourth-order valence-corrected chi connectivity index (χ4v) is 14.7. The van der Waals surface area contributed by atoms with E-state index in [-0.39, 0.29) is 69.5 Å². The Labute approximate surface area is 684 Å². The summed E-state index contributed by atoms with van der Waals surface area (Å²) in [6.07, 6.45) is 11.8. The summed E-state index contributed by atoms with van der Waals surface area (Å²) in [5.41, 5.74) is 31.0. The molecule has 0 spiro atoms. The Morgan fingerprint density at radius 2 is 0.892 bits per heavy atom. The number of nitrogens with one attached hydrogen (secondary N) is 6. The first-order valence-corrected chi connectivity index (χ1v) is 38.3. The molecule has 0 radical (unpaired) electrons. The van der Waals surface area contributed by atoms with Crippen LogP contribution in [-0.2, 0) is 46.7 Å². The third-order valence-electron chi connectivity index (χ3n) is 20.2. The number of halogens is 1. The van der Waals surface area contributed by atoms with E-state index in [2.05, 4.69) is 47.6 Å². The number of H-pyrrole nitrogens is 3. The molecule has 7 aromatic heterocycles. The third-order valence-corrected chi connectivity index (χ3v) is 20.2. The number of amides is 3. The number of nitrogens with two attached hydrogens (primary N) is 3. The van der Waals surface area contributed by atoms with Gasteiger partial charge in [-0.15, -0.1) is 0 Å². The van der Waals surface area contributed by atoms with Crippen LogP contribution in [0, 0.1) is 5.82 Å². The highest BCUT2D eigenvalue weighted by molar-refractivity contribution is 6.07. The van der Waals surface area contributed by atoms with Crippen molar-refractivity contribution in [3.8, 4) is 91.0 Å². The molecule has 3 aliphatic rings. The minimum Gasteiger partial charge on any atom is -0.473 e. The number of nitrogens with zero attached hydrogens (tertiary/aromatic N) is 9. The van der Waals surface area contributed by atoms with Crippen molar-refractivity contribution < 1.29 is 37.7 Å². The Kier molecular flexibility index (Phi) is 21.9. The number of carbonyl (C=O) groups excluding carboxylic acids is 3. The molecular weight excluding hydrogens is 1520 g/mol. The fraction of sp³-hybridized carbons (Fsp3) is 0.121. The van der Waals surface area contributed by atoms with E-state index in [0.717, 1.165) is 62.5 Å². The van der Waals surface area contributed by atoms with Gasteiger partial charge in [0.15, 0.2) is 0 Å². The molecule has 8 aromatic carbocycles. The zero-order chi connectivity index (χ0) is 83.4. The predicted molar refractivity (Wildman–Crippen MR) is 463 cm³/mol. The smallest absolute Gasteiger partial charge is 0.264 e. The van der Waals surface area contributed by atoms with E-state index in [1.807, 2.05) is 208 Å². The van der Waals surface area contributed by atoms with E-state index in [1.165, 1.54) is 16.8 Å². The minimum absolute atomic E-state index is 0.0289. The van der Waals surface area contributed by atoms with Gasteiger partial charge in [-0.25, -0.2) is 18.4 Å². The van der Waals surface area contributed by atoms with Crippen molar-refractivity contribution in [1.82, 2.24) is 59.1 Å². The van der Waals surface area contributed by atoms with Gasteiger partial charge in [0.05, 0.1) is 34.0 Å². The number of pyridine rings is 4. The quantitative estimate of drug-likeness (QED) is 0.0340. The van der Waals surface area contributed by atoms with E-state index in [9.17, 15) is 33.2 Å². The van der Waals surface area contributed by atoms with E-state index >= 15 is 0 Å². The van der Waals surface area contributed by atoms with Gasteiger partial charge >= 0.3 is 0 Å². The third kappa shape index (κ3) is 16.0. The van der Waals surface area contributed by atoms with Gasteiger partial charge in [0.25, 0.3) is 16.7 Å². The largest absolute Gasteiger partial charge is 0.473 e. The van der Waals surface area contributed by atoms with E-state index in [1.54, 1.807) is 58.0 Å². The second-order valence-electron chi connectivity index (χ2n) is 28.8. The number of likely N-dealkylation sites (N-methyl/N-ethyl adjacent to an activating group) is 2. The first-order chi connectivity index (χ1) is 58.2. The number of anilines is 6. The summed E-state index contributed by atoms with van der Waals surface area (Å²) in [6.45, 7) is 4.67. The Morgan fingerprint density at radius 1 is 0.475 bits per heavy atom. The number of aromatic amines is 3. The molecule has 8 heterocycles. The van der Waals surface area contributed by atoms with E-state index < -0.39 is 17.3 Å². The van der Waals surface area contributed by atoms with Crippen molar-refractivity contribution in [3.63, 3.8) is 0 Å². The normalized spacial score (nSPS) is 12.3. The molecule has 2 aliphatic carbocycles. The lowest BCUT2D eigenvalue weighted by molar-refractivity contribution is -0.112. The molecule has 0 unspecified atom stereocenters. The Bertz CT molecular complexity index is 6480. The van der Waals surface area contributed by atoms with Crippen LogP contribution in [0.3, 0.4) is 0 Å². The molecule has 12 N–H and O–H groups in total. The van der Waals surface area contributed by atoms with Gasteiger partial charge in [-0.1, -0.05) is 91.5 Å². The van der Waals surface area contributed by atoms with Gasteiger partial charge in [-0.2, -0.15) is 15.3 Å². The molecule has 600 valence electrons. The highest BCUT2D eigenvalue weighted by Crippen LogP contribution is 2.46. The zero-order valence-electron chi connectivity index (χ0n) is 65.4. The number of nitrogen functional groups attached to an aromatic ring is 3. The van der Waals surface area contributed by atoms with Crippen LogP contribution >= 0.6 is 0 Å². The number of ether oxygens (including phenoxy) is 4. The van der Waals surface area contributed by atoms with Gasteiger partial charge in [-0.05, 0) is 204 Å². The molecule has 0 bridgehead atoms. The standard InChI is InChI=1S/C32H30N6O3.C31H29N7O3.C28H20FN5O4/c1-37(2)19-7-12-27(39)34-25-11-6-10-24-23(25)17-18-26-28(24)30-29(32(40)35-26)31(33)38(36-30)20-13-15-22(16-14-20)41-21-8-4-3-5-9-21;1-37(2)18-6-9-25(39)34-23-16-17-33-28-22(23)14-15-24-26(28)29-27(31(40)35-24)30(32)38(36-29)19-10-12-21(13-11-19)41-20-7-4-3-5-8-20;1-2-21(35)31-24-19-14-37-28-22(18(19)12-13-20(24)29)25-23(27(36)32-28)26(30)34(33-25)15-8-10-17(11-9-15)38-16-6-4-3-5-7-16/h3-16H,17-19,33H2,1-2H3,(H,34,39)(H,35,40);3-13,16-17H,14-15,18,32H2,1-2H3,(H,35,40)(H,33,34,39);2-13H,1,14,30H2,(H,31,35)(H,32,36)/b12-7+;9-6+;. The summed E-state index contributed by atoms with van der Waals surface area (Å²) >= 11 is 0. The molecule has 29 heteroatoms. The topological polar surface area (TPSA) is 374 Å². The lowest BCUT2D eigenvalue weighted by Gasteiger charge is -2.23. The molecule has 15 aromatic rings. The van der Waals surface area contributed by atoms with Gasteiger partial charge in [0, 0.05) is 76.5 Å². The van der Waals surface area contributed by atoms with Gasteiger partial charge in [-0.3, -0.25) is 38.7 Å². The Morgan fingerprint density at radius 3 is 1.36 bits per heavy atom. The number of hydrogen-bond donors (Lipinski definition) is 9. The number of benzene rings is 8. The van der Waals surface area contributed by atoms with Gasteiger partial charge < -0.3 is 71.9 Å². The lowest BCUT2D eigenvalue weighted by atomic mass is 9.86. The van der Waals surface area contributed by atoms with Crippen LogP contribution in [0.4, 0.5) is 38.9 Å². The fourth-order valence-electron chi connectivity index (χ4n) is 14.7. The van der Waals surface area contributed by atoms with Crippen LogP contribution in [0.25, 0.3) is 83.3 Å². The molecule has 0 saturated heterocycles. The maximum Gasteiger partial charge on any atom is 0.264 e. The maximum atomic E-state index is 14.7. The van der Waals surface area contributed by atoms with Crippen molar-refractivity contribution in [1.29, 1.82) is 0 Å². The van der Waals surface area contributed by atoms with Gasteiger partial charge in [0.2, 0.25) is 23.6 Å². The number of aryl methyl sites for hydroxylation is 2. The summed E-state index contributed by atoms with van der Waals surface area (Å²) in [4.78, 5) is 93.8. The van der Waals surface area contributed by atoms with Crippen molar-refractivity contribution in [2.24, 2.45) is 0 Å². The van der Waals surface area contributed by atoms with Crippen molar-refractivity contribution in [2.75, 3.05) is 74.4 Å². The second-order valence-corrected chi connectivity index (χ2v) is 28.8. The molecule has 1 aliphatic heterocycles. The number of carbonyl (C=O) groups is 3. The maximum absolute atomic E-state index is 14.7. The Hall–Kier alpha value is -15.8. The average molecular weight is 1600 g/mol. The van der Waals surface area contributed by atoms with Crippen LogP contribution < -0.4 is 68.8 Å². The van der Waals surface area contributed by atoms with Gasteiger partial charge in [0.1, 0.15) is 97.1 Å². The summed E-state index contributed by atoms with van der Waals surface area (Å²) < 4.78 is 42.7. The number of hydrogen-bond acceptors (Lipinski definition) is 19. The first kappa shape index (κ1) is 78.2. The van der Waals surface area contributed by atoms with Crippen LogP contribution in [0.15, 0.2) is 258 Å². The van der Waals surface area contributed by atoms with Crippen molar-refractivity contribution >= 4 is 84.9 Å².